The molecule has 0 fully saturated rings. The SMILES string of the molecule is CCCc1nccn1-c1cccc(F)c1C(C)=O. The molecule has 94 valence electrons. The predicted octanol–water partition coefficient (Wildman–Crippen LogP) is 3.17. The summed E-state index contributed by atoms with van der Waals surface area (Å²) in [5, 5.41) is 0. The highest BCUT2D eigenvalue weighted by Gasteiger charge is 2.15. The molecule has 0 unspecified atom stereocenters. The molecule has 0 aliphatic rings. The van der Waals surface area contributed by atoms with Gasteiger partial charge in [0.1, 0.15) is 11.6 Å². The van der Waals surface area contributed by atoms with E-state index in [9.17, 15) is 9.18 Å². The van der Waals surface area contributed by atoms with E-state index in [0.29, 0.717) is 5.69 Å². The lowest BCUT2D eigenvalue weighted by Crippen LogP contribution is -2.08. The zero-order valence-corrected chi connectivity index (χ0v) is 10.5. The van der Waals surface area contributed by atoms with Crippen LogP contribution in [-0.2, 0) is 6.42 Å². The molecule has 4 heteroatoms. The molecule has 0 amide bonds. The number of hydrogen-bond donors (Lipinski definition) is 0. The fraction of sp³-hybridized carbons (Fsp3) is 0.286. The Labute approximate surface area is 105 Å². The molecule has 0 saturated heterocycles. The molecule has 0 saturated carbocycles. The van der Waals surface area contributed by atoms with Gasteiger partial charge >= 0.3 is 0 Å². The smallest absolute Gasteiger partial charge is 0.164 e. The van der Waals surface area contributed by atoms with Gasteiger partial charge in [0.15, 0.2) is 5.78 Å². The second kappa shape index (κ2) is 5.12. The van der Waals surface area contributed by atoms with Crippen molar-refractivity contribution in [1.82, 2.24) is 9.55 Å². The second-order valence-electron chi connectivity index (χ2n) is 4.15. The predicted molar refractivity (Wildman–Crippen MR) is 67.5 cm³/mol. The van der Waals surface area contributed by atoms with Crippen LogP contribution in [0.5, 0.6) is 0 Å². The summed E-state index contributed by atoms with van der Waals surface area (Å²) in [7, 11) is 0. The van der Waals surface area contributed by atoms with Gasteiger partial charge in [0.2, 0.25) is 0 Å². The number of Topliss-reactive ketones (excluding diaryl/α,β-unsaturated/α-hetero) is 1. The maximum atomic E-state index is 13.8. The van der Waals surface area contributed by atoms with Crippen LogP contribution < -0.4 is 0 Å². The summed E-state index contributed by atoms with van der Waals surface area (Å²) in [4.78, 5) is 15.8. The van der Waals surface area contributed by atoms with Crippen molar-refractivity contribution in [2.45, 2.75) is 26.7 Å². The Morgan fingerprint density at radius 2 is 2.22 bits per heavy atom. The van der Waals surface area contributed by atoms with Gasteiger partial charge in [0.05, 0.1) is 11.3 Å². The first-order valence-electron chi connectivity index (χ1n) is 5.97. The Bertz CT molecular complexity index is 575. The number of ketones is 1. The number of aromatic nitrogens is 2. The number of benzene rings is 1. The molecule has 0 spiro atoms. The zero-order valence-electron chi connectivity index (χ0n) is 10.5. The standard InChI is InChI=1S/C14H15FN2O/c1-3-5-13-16-8-9-17(13)12-7-4-6-11(15)14(12)10(2)18/h4,6-9H,3,5H2,1-2H3. The largest absolute Gasteiger partial charge is 0.303 e. The number of rotatable bonds is 4. The minimum Gasteiger partial charge on any atom is -0.303 e. The quantitative estimate of drug-likeness (QED) is 0.777. The first-order valence-corrected chi connectivity index (χ1v) is 5.97. The molecule has 0 atom stereocenters. The van der Waals surface area contributed by atoms with Gasteiger partial charge in [-0.05, 0) is 25.5 Å². The number of carbonyl (C=O) groups is 1. The number of imidazole rings is 1. The van der Waals surface area contributed by atoms with Crippen molar-refractivity contribution in [3.8, 4) is 5.69 Å². The van der Waals surface area contributed by atoms with Gasteiger partial charge in [0.25, 0.3) is 0 Å². The first-order chi connectivity index (χ1) is 8.65. The topological polar surface area (TPSA) is 34.9 Å². The fourth-order valence-corrected chi connectivity index (χ4v) is 2.02. The van der Waals surface area contributed by atoms with Crippen molar-refractivity contribution in [3.63, 3.8) is 0 Å². The van der Waals surface area contributed by atoms with Crippen molar-refractivity contribution in [3.05, 3.63) is 47.8 Å². The van der Waals surface area contributed by atoms with Gasteiger partial charge in [-0.3, -0.25) is 4.79 Å². The van der Waals surface area contributed by atoms with E-state index in [2.05, 4.69) is 11.9 Å². The van der Waals surface area contributed by atoms with E-state index in [4.69, 9.17) is 0 Å². The van der Waals surface area contributed by atoms with Crippen LogP contribution in [-0.4, -0.2) is 15.3 Å². The third-order valence-corrected chi connectivity index (χ3v) is 2.79. The molecule has 2 rings (SSSR count). The maximum absolute atomic E-state index is 13.8. The van der Waals surface area contributed by atoms with E-state index in [1.807, 2.05) is 0 Å². The van der Waals surface area contributed by atoms with E-state index in [1.54, 1.807) is 29.1 Å². The van der Waals surface area contributed by atoms with E-state index < -0.39 is 5.82 Å². The highest BCUT2D eigenvalue weighted by Crippen LogP contribution is 2.20. The molecule has 1 heterocycles. The molecule has 1 aromatic carbocycles. The molecule has 0 aliphatic heterocycles. The summed E-state index contributed by atoms with van der Waals surface area (Å²) < 4.78 is 15.5. The Balaban J connectivity index is 2.60. The number of aryl methyl sites for hydroxylation is 1. The lowest BCUT2D eigenvalue weighted by Gasteiger charge is -2.11. The van der Waals surface area contributed by atoms with Crippen LogP contribution in [0.1, 0.15) is 36.5 Å². The van der Waals surface area contributed by atoms with Crippen LogP contribution in [0.25, 0.3) is 5.69 Å². The number of hydrogen-bond acceptors (Lipinski definition) is 2. The van der Waals surface area contributed by atoms with Gasteiger partial charge in [-0.1, -0.05) is 13.0 Å². The summed E-state index contributed by atoms with van der Waals surface area (Å²) in [5.41, 5.74) is 0.677. The van der Waals surface area contributed by atoms with Crippen LogP contribution in [0.4, 0.5) is 4.39 Å². The molecule has 18 heavy (non-hydrogen) atoms. The molecule has 0 bridgehead atoms. The monoisotopic (exact) mass is 246 g/mol. The van der Waals surface area contributed by atoms with Crippen molar-refractivity contribution in [2.75, 3.05) is 0 Å². The van der Waals surface area contributed by atoms with Gasteiger partial charge < -0.3 is 4.57 Å². The Morgan fingerprint density at radius 3 is 2.89 bits per heavy atom. The Morgan fingerprint density at radius 1 is 1.44 bits per heavy atom. The van der Waals surface area contributed by atoms with Crippen LogP contribution in [0.2, 0.25) is 0 Å². The second-order valence-corrected chi connectivity index (χ2v) is 4.15. The average molecular weight is 246 g/mol. The van der Waals surface area contributed by atoms with Crippen LogP contribution in [0.15, 0.2) is 30.6 Å². The molecule has 2 aromatic rings. The maximum Gasteiger partial charge on any atom is 0.164 e. The highest BCUT2D eigenvalue weighted by molar-refractivity contribution is 5.98. The number of nitrogens with zero attached hydrogens (tertiary/aromatic N) is 2. The van der Waals surface area contributed by atoms with Crippen molar-refractivity contribution >= 4 is 5.78 Å². The lowest BCUT2D eigenvalue weighted by molar-refractivity contribution is 0.101. The van der Waals surface area contributed by atoms with E-state index in [0.717, 1.165) is 18.7 Å². The fourth-order valence-electron chi connectivity index (χ4n) is 2.02. The summed E-state index contributed by atoms with van der Waals surface area (Å²) in [6, 6.07) is 4.64. The third-order valence-electron chi connectivity index (χ3n) is 2.79. The van der Waals surface area contributed by atoms with Crippen molar-refractivity contribution < 1.29 is 9.18 Å². The van der Waals surface area contributed by atoms with Gasteiger partial charge in [-0.25, -0.2) is 9.37 Å². The summed E-state index contributed by atoms with van der Waals surface area (Å²) in [6.07, 6.45) is 5.16. The van der Waals surface area contributed by atoms with Crippen LogP contribution >= 0.6 is 0 Å². The number of halogens is 1. The molecule has 3 nitrogen and oxygen atoms in total. The minimum absolute atomic E-state index is 0.118. The Kier molecular flexibility index (Phi) is 3.55. The van der Waals surface area contributed by atoms with Crippen molar-refractivity contribution in [2.24, 2.45) is 0 Å². The lowest BCUT2D eigenvalue weighted by atomic mass is 10.1. The molecule has 0 N–H and O–H groups in total. The van der Waals surface area contributed by atoms with Crippen LogP contribution in [0.3, 0.4) is 0 Å². The molecule has 1 aromatic heterocycles. The van der Waals surface area contributed by atoms with E-state index >= 15 is 0 Å². The van der Waals surface area contributed by atoms with Crippen molar-refractivity contribution in [1.29, 1.82) is 0 Å². The number of carbonyl (C=O) groups excluding carboxylic acids is 1. The molecule has 0 aliphatic carbocycles. The first kappa shape index (κ1) is 12.5. The summed E-state index contributed by atoms with van der Waals surface area (Å²) in [6.45, 7) is 3.43. The zero-order chi connectivity index (χ0) is 13.1. The third kappa shape index (κ3) is 2.18. The molecular formula is C14H15FN2O. The van der Waals surface area contributed by atoms with Gasteiger partial charge in [-0.2, -0.15) is 0 Å². The highest BCUT2D eigenvalue weighted by atomic mass is 19.1. The van der Waals surface area contributed by atoms with E-state index in [-0.39, 0.29) is 11.3 Å². The normalized spacial score (nSPS) is 10.6. The summed E-state index contributed by atoms with van der Waals surface area (Å²) in [5.74, 6) is 0.0704. The Hall–Kier alpha value is -1.97. The van der Waals surface area contributed by atoms with E-state index in [1.165, 1.54) is 13.0 Å². The van der Waals surface area contributed by atoms with Gasteiger partial charge in [-0.15, -0.1) is 0 Å². The average Bonchev–Trinajstić information content (AvgIpc) is 2.76. The van der Waals surface area contributed by atoms with Gasteiger partial charge in [0, 0.05) is 18.8 Å². The van der Waals surface area contributed by atoms with Crippen LogP contribution in [0, 0.1) is 5.82 Å². The molecule has 0 radical (unpaired) electrons. The minimum atomic E-state index is -0.490. The summed E-state index contributed by atoms with van der Waals surface area (Å²) >= 11 is 0. The molecular weight excluding hydrogens is 231 g/mol.